The van der Waals surface area contributed by atoms with Crippen molar-refractivity contribution < 1.29 is 9.59 Å². The second-order valence-electron chi connectivity index (χ2n) is 3.76. The molecule has 2 heteroatoms. The Morgan fingerprint density at radius 2 is 1.93 bits per heavy atom. The van der Waals surface area contributed by atoms with Gasteiger partial charge in [-0.15, -0.1) is 0 Å². The van der Waals surface area contributed by atoms with Crippen LogP contribution in [0, 0.1) is 5.92 Å². The molecular formula is C13H12O2. The molecule has 2 atom stereocenters. The summed E-state index contributed by atoms with van der Waals surface area (Å²) in [4.78, 5) is 22.2. The number of carbonyl (C=O) groups is 2. The number of allylic oxidation sites excluding steroid dienone is 2. The van der Waals surface area contributed by atoms with Crippen molar-refractivity contribution in [1.82, 2.24) is 0 Å². The molecule has 0 spiro atoms. The van der Waals surface area contributed by atoms with Crippen LogP contribution in [0.3, 0.4) is 0 Å². The van der Waals surface area contributed by atoms with Crippen molar-refractivity contribution in [2.24, 2.45) is 5.92 Å². The van der Waals surface area contributed by atoms with Gasteiger partial charge in [-0.2, -0.15) is 0 Å². The molecule has 2 nitrogen and oxygen atoms in total. The smallest absolute Gasteiger partial charge is 0.156 e. The van der Waals surface area contributed by atoms with Crippen LogP contribution < -0.4 is 0 Å². The first kappa shape index (κ1) is 9.84. The van der Waals surface area contributed by atoms with E-state index in [-0.39, 0.29) is 17.6 Å². The first-order valence-electron chi connectivity index (χ1n) is 5.02. The SMILES string of the molecule is O=CC1C=CC(=O)CC1c1ccccc1. The van der Waals surface area contributed by atoms with Gasteiger partial charge in [0.05, 0.1) is 0 Å². The van der Waals surface area contributed by atoms with Crippen LogP contribution >= 0.6 is 0 Å². The third-order valence-electron chi connectivity index (χ3n) is 2.77. The van der Waals surface area contributed by atoms with Crippen LogP contribution in [0.4, 0.5) is 0 Å². The lowest BCUT2D eigenvalue weighted by Crippen LogP contribution is -2.19. The molecule has 0 fully saturated rings. The Bertz CT molecular complexity index is 392. The monoisotopic (exact) mass is 200 g/mol. The van der Waals surface area contributed by atoms with E-state index in [4.69, 9.17) is 0 Å². The van der Waals surface area contributed by atoms with E-state index in [1.54, 1.807) is 6.08 Å². The average Bonchev–Trinajstić information content (AvgIpc) is 2.30. The highest BCUT2D eigenvalue weighted by molar-refractivity contribution is 5.92. The fraction of sp³-hybridized carbons (Fsp3) is 0.231. The summed E-state index contributed by atoms with van der Waals surface area (Å²) in [5, 5.41) is 0. The summed E-state index contributed by atoms with van der Waals surface area (Å²) in [6, 6.07) is 9.72. The fourth-order valence-corrected chi connectivity index (χ4v) is 1.95. The standard InChI is InChI=1S/C13H12O2/c14-9-11-6-7-12(15)8-13(11)10-4-2-1-3-5-10/h1-7,9,11,13H,8H2. The summed E-state index contributed by atoms with van der Waals surface area (Å²) in [7, 11) is 0. The van der Waals surface area contributed by atoms with E-state index in [0.717, 1.165) is 11.8 Å². The van der Waals surface area contributed by atoms with E-state index in [9.17, 15) is 9.59 Å². The topological polar surface area (TPSA) is 34.1 Å². The molecule has 15 heavy (non-hydrogen) atoms. The highest BCUT2D eigenvalue weighted by Gasteiger charge is 2.26. The molecule has 2 rings (SSSR count). The minimum Gasteiger partial charge on any atom is -0.303 e. The molecule has 1 aromatic carbocycles. The molecule has 0 radical (unpaired) electrons. The number of rotatable bonds is 2. The molecule has 2 unspecified atom stereocenters. The fourth-order valence-electron chi connectivity index (χ4n) is 1.95. The third-order valence-corrected chi connectivity index (χ3v) is 2.77. The summed E-state index contributed by atoms with van der Waals surface area (Å²) in [5.74, 6) is -0.0479. The van der Waals surface area contributed by atoms with Crippen molar-refractivity contribution in [2.45, 2.75) is 12.3 Å². The van der Waals surface area contributed by atoms with Crippen LogP contribution in [0.25, 0.3) is 0 Å². The average molecular weight is 200 g/mol. The number of carbonyl (C=O) groups excluding carboxylic acids is 2. The molecule has 0 aliphatic heterocycles. The second-order valence-corrected chi connectivity index (χ2v) is 3.76. The second kappa shape index (κ2) is 4.22. The Morgan fingerprint density at radius 1 is 1.20 bits per heavy atom. The third kappa shape index (κ3) is 2.04. The maximum atomic E-state index is 11.3. The number of ketones is 1. The lowest BCUT2D eigenvalue weighted by atomic mass is 9.79. The van der Waals surface area contributed by atoms with Crippen LogP contribution in [-0.2, 0) is 9.59 Å². The van der Waals surface area contributed by atoms with Gasteiger partial charge in [-0.1, -0.05) is 36.4 Å². The van der Waals surface area contributed by atoms with Crippen LogP contribution in [0.15, 0.2) is 42.5 Å². The minimum atomic E-state index is -0.162. The first-order valence-corrected chi connectivity index (χ1v) is 5.02. The summed E-state index contributed by atoms with van der Waals surface area (Å²) in [6.07, 6.45) is 4.57. The highest BCUT2D eigenvalue weighted by atomic mass is 16.1. The van der Waals surface area contributed by atoms with Crippen LogP contribution in [0.5, 0.6) is 0 Å². The Morgan fingerprint density at radius 3 is 2.60 bits per heavy atom. The van der Waals surface area contributed by atoms with E-state index in [1.807, 2.05) is 30.3 Å². The molecule has 1 aliphatic carbocycles. The van der Waals surface area contributed by atoms with E-state index < -0.39 is 0 Å². The van der Waals surface area contributed by atoms with Gasteiger partial charge in [0.25, 0.3) is 0 Å². The van der Waals surface area contributed by atoms with Crippen molar-refractivity contribution in [3.05, 3.63) is 48.0 Å². The molecule has 0 saturated heterocycles. The Balaban J connectivity index is 2.31. The van der Waals surface area contributed by atoms with Gasteiger partial charge in [-0.3, -0.25) is 4.79 Å². The molecule has 1 aliphatic rings. The number of benzene rings is 1. The molecule has 0 N–H and O–H groups in total. The van der Waals surface area contributed by atoms with Crippen LogP contribution in [0.2, 0.25) is 0 Å². The lowest BCUT2D eigenvalue weighted by Gasteiger charge is -2.22. The van der Waals surface area contributed by atoms with Crippen LogP contribution in [-0.4, -0.2) is 12.1 Å². The zero-order chi connectivity index (χ0) is 10.7. The number of aldehydes is 1. The van der Waals surface area contributed by atoms with Gasteiger partial charge < -0.3 is 4.79 Å². The van der Waals surface area contributed by atoms with Gasteiger partial charge in [-0.25, -0.2) is 0 Å². The maximum absolute atomic E-state index is 11.3. The van der Waals surface area contributed by atoms with E-state index in [0.29, 0.717) is 6.42 Å². The van der Waals surface area contributed by atoms with Gasteiger partial charge >= 0.3 is 0 Å². The predicted molar refractivity (Wildman–Crippen MR) is 57.5 cm³/mol. The molecule has 0 aromatic heterocycles. The Hall–Kier alpha value is -1.70. The molecule has 0 amide bonds. The molecule has 76 valence electrons. The largest absolute Gasteiger partial charge is 0.303 e. The van der Waals surface area contributed by atoms with Crippen molar-refractivity contribution in [3.63, 3.8) is 0 Å². The summed E-state index contributed by atoms with van der Waals surface area (Å²) in [5.41, 5.74) is 1.06. The number of hydrogen-bond acceptors (Lipinski definition) is 2. The van der Waals surface area contributed by atoms with Gasteiger partial charge in [-0.05, 0) is 11.6 Å². The Labute approximate surface area is 88.6 Å². The normalized spacial score (nSPS) is 25.2. The zero-order valence-corrected chi connectivity index (χ0v) is 8.30. The van der Waals surface area contributed by atoms with Crippen molar-refractivity contribution in [1.29, 1.82) is 0 Å². The lowest BCUT2D eigenvalue weighted by molar-refractivity contribution is -0.116. The highest BCUT2D eigenvalue weighted by Crippen LogP contribution is 2.31. The number of hydrogen-bond donors (Lipinski definition) is 0. The molecule has 0 heterocycles. The van der Waals surface area contributed by atoms with Gasteiger partial charge in [0.2, 0.25) is 0 Å². The van der Waals surface area contributed by atoms with Gasteiger partial charge in [0.1, 0.15) is 6.29 Å². The van der Waals surface area contributed by atoms with Gasteiger partial charge in [0, 0.05) is 18.3 Å². The summed E-state index contributed by atoms with van der Waals surface area (Å²) >= 11 is 0. The molecule has 1 aromatic rings. The summed E-state index contributed by atoms with van der Waals surface area (Å²) < 4.78 is 0. The predicted octanol–water partition coefficient (Wildman–Crippen LogP) is 2.11. The van der Waals surface area contributed by atoms with Crippen molar-refractivity contribution in [2.75, 3.05) is 0 Å². The van der Waals surface area contributed by atoms with E-state index >= 15 is 0 Å². The van der Waals surface area contributed by atoms with E-state index in [2.05, 4.69) is 0 Å². The molecule has 0 saturated carbocycles. The summed E-state index contributed by atoms with van der Waals surface area (Å²) in [6.45, 7) is 0. The zero-order valence-electron chi connectivity index (χ0n) is 8.30. The van der Waals surface area contributed by atoms with E-state index in [1.165, 1.54) is 6.08 Å². The minimum absolute atomic E-state index is 0.0150. The van der Waals surface area contributed by atoms with Crippen LogP contribution in [0.1, 0.15) is 17.9 Å². The maximum Gasteiger partial charge on any atom is 0.156 e. The molecule has 0 bridgehead atoms. The Kier molecular flexibility index (Phi) is 2.77. The van der Waals surface area contributed by atoms with Crippen molar-refractivity contribution in [3.8, 4) is 0 Å². The van der Waals surface area contributed by atoms with Gasteiger partial charge in [0.15, 0.2) is 5.78 Å². The van der Waals surface area contributed by atoms with Crippen molar-refractivity contribution >= 4 is 12.1 Å². The molecular weight excluding hydrogens is 188 g/mol. The first-order chi connectivity index (χ1) is 7.31. The quantitative estimate of drug-likeness (QED) is 0.685.